The van der Waals surface area contributed by atoms with Crippen molar-refractivity contribution in [3.63, 3.8) is 0 Å². The second kappa shape index (κ2) is 12.2. The van der Waals surface area contributed by atoms with Gasteiger partial charge in [-0.3, -0.25) is 9.59 Å². The number of benzene rings is 1. The first-order valence-electron chi connectivity index (χ1n) is 8.80. The zero-order valence-electron chi connectivity index (χ0n) is 15.4. The molecule has 140 valence electrons. The minimum absolute atomic E-state index is 0.136. The molecular weight excluding hydrogens is 322 g/mol. The number of carbonyl (C=O) groups is 2. The van der Waals surface area contributed by atoms with Gasteiger partial charge in [-0.2, -0.15) is 0 Å². The topological polar surface area (TPSA) is 73.9 Å². The van der Waals surface area contributed by atoms with E-state index in [1.165, 1.54) is 0 Å². The number of nitrogens with one attached hydrogen (secondary N) is 1. The Bertz CT molecular complexity index is 515. The molecule has 1 aromatic rings. The van der Waals surface area contributed by atoms with Gasteiger partial charge in [-0.25, -0.2) is 0 Å². The third-order valence-corrected chi connectivity index (χ3v) is 3.54. The van der Waals surface area contributed by atoms with Crippen molar-refractivity contribution in [3.05, 3.63) is 24.3 Å². The van der Waals surface area contributed by atoms with Crippen molar-refractivity contribution in [3.8, 4) is 5.75 Å². The van der Waals surface area contributed by atoms with E-state index in [0.717, 1.165) is 24.3 Å². The van der Waals surface area contributed by atoms with E-state index >= 15 is 0 Å². The second-order valence-corrected chi connectivity index (χ2v) is 5.76. The van der Waals surface area contributed by atoms with Crippen molar-refractivity contribution in [1.82, 2.24) is 0 Å². The summed E-state index contributed by atoms with van der Waals surface area (Å²) < 4.78 is 15.6. The van der Waals surface area contributed by atoms with E-state index in [0.29, 0.717) is 19.3 Å². The summed E-state index contributed by atoms with van der Waals surface area (Å²) in [5.41, 5.74) is 0.886. The van der Waals surface area contributed by atoms with Gasteiger partial charge in [-0.1, -0.05) is 13.8 Å². The van der Waals surface area contributed by atoms with E-state index in [4.69, 9.17) is 14.2 Å². The number of rotatable bonds is 12. The molecule has 0 amide bonds. The van der Waals surface area contributed by atoms with Gasteiger partial charge >= 0.3 is 11.9 Å². The molecular formula is C19H29NO5. The van der Waals surface area contributed by atoms with Crippen molar-refractivity contribution < 1.29 is 23.8 Å². The predicted molar refractivity (Wildman–Crippen MR) is 96.8 cm³/mol. The van der Waals surface area contributed by atoms with Gasteiger partial charge in [0, 0.05) is 24.9 Å². The molecule has 0 saturated heterocycles. The Morgan fingerprint density at radius 1 is 1.00 bits per heavy atom. The summed E-state index contributed by atoms with van der Waals surface area (Å²) in [7, 11) is 1.61. The maximum Gasteiger partial charge on any atom is 0.305 e. The molecule has 0 aromatic heterocycles. The van der Waals surface area contributed by atoms with Gasteiger partial charge in [0.2, 0.25) is 0 Å². The fourth-order valence-electron chi connectivity index (χ4n) is 2.18. The normalized spacial score (nSPS) is 11.5. The first-order valence-corrected chi connectivity index (χ1v) is 8.80. The van der Waals surface area contributed by atoms with Gasteiger partial charge in [0.15, 0.2) is 0 Å². The molecule has 0 bridgehead atoms. The van der Waals surface area contributed by atoms with Crippen LogP contribution in [0, 0.1) is 0 Å². The Hall–Kier alpha value is -2.24. The molecule has 0 heterocycles. The summed E-state index contributed by atoms with van der Waals surface area (Å²) in [6.07, 6.45) is 2.90. The first-order chi connectivity index (χ1) is 12.1. The molecule has 6 nitrogen and oxygen atoms in total. The van der Waals surface area contributed by atoms with Crippen molar-refractivity contribution in [2.24, 2.45) is 0 Å². The molecule has 1 aromatic carbocycles. The molecule has 0 aliphatic rings. The fraction of sp³-hybridized carbons (Fsp3) is 0.579. The molecule has 1 unspecified atom stereocenters. The SMILES string of the molecule is CCCC(=O)OCCC(COC(=O)CCC)Nc1ccc(OC)cc1. The lowest BCUT2D eigenvalue weighted by molar-refractivity contribution is -0.146. The van der Waals surface area contributed by atoms with E-state index < -0.39 is 0 Å². The largest absolute Gasteiger partial charge is 0.497 e. The highest BCUT2D eigenvalue weighted by Crippen LogP contribution is 2.16. The molecule has 0 fully saturated rings. The lowest BCUT2D eigenvalue weighted by Gasteiger charge is -2.20. The maximum atomic E-state index is 11.6. The number of esters is 2. The van der Waals surface area contributed by atoms with E-state index in [9.17, 15) is 9.59 Å². The van der Waals surface area contributed by atoms with Crippen LogP contribution in [-0.2, 0) is 19.1 Å². The molecule has 6 heteroatoms. The molecule has 1 rings (SSSR count). The summed E-state index contributed by atoms with van der Waals surface area (Å²) in [5.74, 6) is 0.352. The summed E-state index contributed by atoms with van der Waals surface area (Å²) in [4.78, 5) is 23.1. The number of ether oxygens (including phenoxy) is 3. The Labute approximate surface area is 149 Å². The van der Waals surface area contributed by atoms with E-state index in [2.05, 4.69) is 5.32 Å². The Balaban J connectivity index is 2.55. The number of hydrogen-bond donors (Lipinski definition) is 1. The number of methoxy groups -OCH3 is 1. The third kappa shape index (κ3) is 8.98. The van der Waals surface area contributed by atoms with Crippen LogP contribution in [0.3, 0.4) is 0 Å². The van der Waals surface area contributed by atoms with Crippen molar-refractivity contribution >= 4 is 17.6 Å². The van der Waals surface area contributed by atoms with E-state index in [1.54, 1.807) is 7.11 Å². The number of anilines is 1. The molecule has 0 spiro atoms. The molecule has 25 heavy (non-hydrogen) atoms. The molecule has 0 aliphatic carbocycles. The van der Waals surface area contributed by atoms with Crippen LogP contribution >= 0.6 is 0 Å². The van der Waals surface area contributed by atoms with Crippen LogP contribution in [0.1, 0.15) is 46.0 Å². The zero-order valence-corrected chi connectivity index (χ0v) is 15.4. The summed E-state index contributed by atoms with van der Waals surface area (Å²) >= 11 is 0. The molecule has 1 atom stereocenters. The van der Waals surface area contributed by atoms with Gasteiger partial charge in [0.25, 0.3) is 0 Å². The smallest absolute Gasteiger partial charge is 0.305 e. The molecule has 1 N–H and O–H groups in total. The molecule has 0 radical (unpaired) electrons. The Morgan fingerprint density at radius 2 is 1.60 bits per heavy atom. The van der Waals surface area contributed by atoms with Crippen molar-refractivity contribution in [1.29, 1.82) is 0 Å². The highest BCUT2D eigenvalue weighted by molar-refractivity contribution is 5.69. The van der Waals surface area contributed by atoms with Gasteiger partial charge in [-0.15, -0.1) is 0 Å². The van der Waals surface area contributed by atoms with Gasteiger partial charge in [-0.05, 0) is 37.1 Å². The zero-order chi connectivity index (χ0) is 18.5. The standard InChI is InChI=1S/C19H29NO5/c1-4-6-18(21)24-13-12-16(14-25-19(22)7-5-2)20-15-8-10-17(23-3)11-9-15/h8-11,16,20H,4-7,12-14H2,1-3H3. The maximum absolute atomic E-state index is 11.6. The van der Waals surface area contributed by atoms with Gasteiger partial charge < -0.3 is 19.5 Å². The van der Waals surface area contributed by atoms with Crippen LogP contribution in [0.4, 0.5) is 5.69 Å². The Kier molecular flexibility index (Phi) is 10.1. The van der Waals surface area contributed by atoms with Crippen LogP contribution in [0.5, 0.6) is 5.75 Å². The van der Waals surface area contributed by atoms with Crippen LogP contribution in [0.15, 0.2) is 24.3 Å². The number of hydrogen-bond acceptors (Lipinski definition) is 6. The average Bonchev–Trinajstić information content (AvgIpc) is 2.60. The van der Waals surface area contributed by atoms with E-state index in [1.807, 2.05) is 38.1 Å². The number of carbonyl (C=O) groups excluding carboxylic acids is 2. The van der Waals surface area contributed by atoms with Crippen LogP contribution in [0.25, 0.3) is 0 Å². The van der Waals surface area contributed by atoms with Crippen LogP contribution in [-0.4, -0.2) is 38.3 Å². The molecule has 0 aliphatic heterocycles. The van der Waals surface area contributed by atoms with Gasteiger partial charge in [0.1, 0.15) is 12.4 Å². The summed E-state index contributed by atoms with van der Waals surface area (Å²) in [6.45, 7) is 4.39. The van der Waals surface area contributed by atoms with Gasteiger partial charge in [0.05, 0.1) is 19.8 Å². The lowest BCUT2D eigenvalue weighted by atomic mass is 10.2. The molecule has 0 saturated carbocycles. The van der Waals surface area contributed by atoms with Crippen molar-refractivity contribution in [2.75, 3.05) is 25.6 Å². The lowest BCUT2D eigenvalue weighted by Crippen LogP contribution is -2.29. The fourth-order valence-corrected chi connectivity index (χ4v) is 2.18. The van der Waals surface area contributed by atoms with Crippen LogP contribution in [0.2, 0.25) is 0 Å². The second-order valence-electron chi connectivity index (χ2n) is 5.76. The minimum atomic E-state index is -0.216. The highest BCUT2D eigenvalue weighted by atomic mass is 16.5. The summed E-state index contributed by atoms with van der Waals surface area (Å²) in [6, 6.07) is 7.35. The average molecular weight is 351 g/mol. The van der Waals surface area contributed by atoms with Crippen LogP contribution < -0.4 is 10.1 Å². The Morgan fingerprint density at radius 3 is 2.16 bits per heavy atom. The quantitative estimate of drug-likeness (QED) is 0.581. The summed E-state index contributed by atoms with van der Waals surface area (Å²) in [5, 5.41) is 3.31. The monoisotopic (exact) mass is 351 g/mol. The third-order valence-electron chi connectivity index (χ3n) is 3.54. The highest BCUT2D eigenvalue weighted by Gasteiger charge is 2.13. The minimum Gasteiger partial charge on any atom is -0.497 e. The first kappa shape index (κ1) is 20.8. The van der Waals surface area contributed by atoms with Crippen molar-refractivity contribution in [2.45, 2.75) is 52.0 Å². The van der Waals surface area contributed by atoms with E-state index in [-0.39, 0.29) is 31.2 Å². The predicted octanol–water partition coefficient (Wildman–Crippen LogP) is 3.55.